The number of hydrogen-bond donors (Lipinski definition) is 0. The van der Waals surface area contributed by atoms with E-state index in [0.717, 1.165) is 5.82 Å². The maximum atomic E-state index is 10.6. The fraction of sp³-hybridized carbons (Fsp3) is 0.250. The Morgan fingerprint density at radius 2 is 2.32 bits per heavy atom. The summed E-state index contributed by atoms with van der Waals surface area (Å²) in [6, 6.07) is 4.31. The number of nitro groups is 1. The molecule has 0 bridgehead atoms. The van der Waals surface area contributed by atoms with E-state index in [0.29, 0.717) is 18.9 Å². The molecule has 0 saturated carbocycles. The smallest absolute Gasteiger partial charge is 0.288 e. The molecule has 0 fully saturated rings. The van der Waals surface area contributed by atoms with Gasteiger partial charge in [-0.05, 0) is 13.0 Å². The highest BCUT2D eigenvalue weighted by atomic mass is 35.5. The van der Waals surface area contributed by atoms with Crippen molar-refractivity contribution >= 4 is 17.3 Å². The van der Waals surface area contributed by atoms with Gasteiger partial charge in [0.15, 0.2) is 0 Å². The number of benzene rings is 1. The summed E-state index contributed by atoms with van der Waals surface area (Å²) in [5, 5.41) is 10.7. The number of nitro benzene ring substituents is 1. The van der Waals surface area contributed by atoms with Crippen molar-refractivity contribution in [3.8, 4) is 5.75 Å². The highest BCUT2D eigenvalue weighted by Crippen LogP contribution is 2.28. The summed E-state index contributed by atoms with van der Waals surface area (Å²) in [6.45, 7) is 2.99. The van der Waals surface area contributed by atoms with Gasteiger partial charge in [0.25, 0.3) is 5.69 Å². The molecule has 1 aromatic heterocycles. The molecule has 6 nitrogen and oxygen atoms in total. The van der Waals surface area contributed by atoms with Gasteiger partial charge in [0, 0.05) is 24.5 Å². The molecule has 1 aromatic carbocycles. The van der Waals surface area contributed by atoms with Crippen LogP contribution in [0.2, 0.25) is 5.02 Å². The number of nitrogens with zero attached hydrogens (tertiary/aromatic N) is 3. The van der Waals surface area contributed by atoms with E-state index >= 15 is 0 Å². The first-order valence-electron chi connectivity index (χ1n) is 5.62. The predicted octanol–water partition coefficient (Wildman–Crippen LogP) is 2.83. The van der Waals surface area contributed by atoms with Crippen LogP contribution in [0.15, 0.2) is 30.6 Å². The lowest BCUT2D eigenvalue weighted by atomic mass is 10.3. The fourth-order valence-electron chi connectivity index (χ4n) is 1.63. The van der Waals surface area contributed by atoms with Gasteiger partial charge in [-0.15, -0.1) is 0 Å². The molecule has 0 amide bonds. The number of aryl methyl sites for hydroxylation is 1. The van der Waals surface area contributed by atoms with Gasteiger partial charge in [0.05, 0.1) is 11.5 Å². The first kappa shape index (κ1) is 13.4. The van der Waals surface area contributed by atoms with E-state index in [4.69, 9.17) is 16.3 Å². The van der Waals surface area contributed by atoms with E-state index in [9.17, 15) is 10.1 Å². The molecule has 0 aliphatic carbocycles. The highest BCUT2D eigenvalue weighted by molar-refractivity contribution is 6.32. The molecular formula is C12H12ClN3O3. The Hall–Kier alpha value is -2.08. The van der Waals surface area contributed by atoms with Crippen LogP contribution in [0.3, 0.4) is 0 Å². The van der Waals surface area contributed by atoms with Crippen LogP contribution in [0.1, 0.15) is 5.82 Å². The standard InChI is InChI=1S/C12H12ClN3O3/c1-9-14-4-5-15(9)6-7-19-10-2-3-12(16(17)18)11(13)8-10/h2-5,8H,6-7H2,1H3. The summed E-state index contributed by atoms with van der Waals surface area (Å²) < 4.78 is 7.45. The minimum absolute atomic E-state index is 0.0707. The molecule has 0 radical (unpaired) electrons. The zero-order valence-electron chi connectivity index (χ0n) is 10.2. The SMILES string of the molecule is Cc1nccn1CCOc1ccc([N+](=O)[O-])c(Cl)c1. The molecule has 0 aliphatic heterocycles. The van der Waals surface area contributed by atoms with Gasteiger partial charge in [0.2, 0.25) is 0 Å². The Morgan fingerprint density at radius 1 is 1.53 bits per heavy atom. The van der Waals surface area contributed by atoms with Crippen molar-refractivity contribution in [3.05, 3.63) is 51.6 Å². The van der Waals surface area contributed by atoms with E-state index in [1.54, 1.807) is 6.20 Å². The third-order valence-electron chi connectivity index (χ3n) is 2.64. The lowest BCUT2D eigenvalue weighted by Gasteiger charge is -2.08. The topological polar surface area (TPSA) is 70.2 Å². The van der Waals surface area contributed by atoms with Crippen LogP contribution >= 0.6 is 11.6 Å². The first-order valence-corrected chi connectivity index (χ1v) is 6.00. The number of rotatable bonds is 5. The van der Waals surface area contributed by atoms with Gasteiger partial charge in [0.1, 0.15) is 23.2 Å². The molecule has 0 saturated heterocycles. The van der Waals surface area contributed by atoms with E-state index in [1.807, 2.05) is 17.7 Å². The van der Waals surface area contributed by atoms with Gasteiger partial charge >= 0.3 is 0 Å². The van der Waals surface area contributed by atoms with Crippen molar-refractivity contribution in [2.45, 2.75) is 13.5 Å². The summed E-state index contributed by atoms with van der Waals surface area (Å²) in [5.41, 5.74) is -0.125. The zero-order chi connectivity index (χ0) is 13.8. The second kappa shape index (κ2) is 5.71. The van der Waals surface area contributed by atoms with Crippen molar-refractivity contribution in [1.29, 1.82) is 0 Å². The molecule has 100 valence electrons. The van der Waals surface area contributed by atoms with Gasteiger partial charge in [-0.3, -0.25) is 10.1 Å². The third kappa shape index (κ3) is 3.23. The average molecular weight is 282 g/mol. The van der Waals surface area contributed by atoms with Gasteiger partial charge in [-0.1, -0.05) is 11.6 Å². The number of halogens is 1. The lowest BCUT2D eigenvalue weighted by molar-refractivity contribution is -0.384. The predicted molar refractivity (Wildman–Crippen MR) is 70.6 cm³/mol. The summed E-state index contributed by atoms with van der Waals surface area (Å²) in [4.78, 5) is 14.2. The molecular weight excluding hydrogens is 270 g/mol. The van der Waals surface area contributed by atoms with Crippen molar-refractivity contribution in [1.82, 2.24) is 9.55 Å². The van der Waals surface area contributed by atoms with Crippen LogP contribution in [-0.4, -0.2) is 21.1 Å². The van der Waals surface area contributed by atoms with Gasteiger partial charge in [-0.2, -0.15) is 0 Å². The third-order valence-corrected chi connectivity index (χ3v) is 2.94. The first-order chi connectivity index (χ1) is 9.08. The number of aromatic nitrogens is 2. The van der Waals surface area contributed by atoms with E-state index in [2.05, 4.69) is 4.98 Å². The van der Waals surface area contributed by atoms with Crippen LogP contribution in [0.4, 0.5) is 5.69 Å². The summed E-state index contributed by atoms with van der Waals surface area (Å²) in [5.74, 6) is 1.42. The zero-order valence-corrected chi connectivity index (χ0v) is 11.0. The Kier molecular flexibility index (Phi) is 4.01. The van der Waals surface area contributed by atoms with Crippen LogP contribution in [0.25, 0.3) is 0 Å². The maximum Gasteiger partial charge on any atom is 0.288 e. The highest BCUT2D eigenvalue weighted by Gasteiger charge is 2.12. The van der Waals surface area contributed by atoms with Gasteiger partial charge < -0.3 is 9.30 Å². The summed E-state index contributed by atoms with van der Waals surface area (Å²) in [7, 11) is 0. The molecule has 0 unspecified atom stereocenters. The Labute approximate surface area is 114 Å². The quantitative estimate of drug-likeness (QED) is 0.624. The Bertz CT molecular complexity index is 598. The lowest BCUT2D eigenvalue weighted by Crippen LogP contribution is -2.08. The average Bonchev–Trinajstić information content (AvgIpc) is 2.75. The molecule has 7 heteroatoms. The van der Waals surface area contributed by atoms with Crippen molar-refractivity contribution in [3.63, 3.8) is 0 Å². The molecule has 0 aliphatic rings. The number of ether oxygens (including phenoxy) is 1. The molecule has 1 heterocycles. The second-order valence-electron chi connectivity index (χ2n) is 3.89. The van der Waals surface area contributed by atoms with Crippen LogP contribution in [0, 0.1) is 17.0 Å². The molecule has 19 heavy (non-hydrogen) atoms. The molecule has 0 N–H and O–H groups in total. The largest absolute Gasteiger partial charge is 0.492 e. The normalized spacial score (nSPS) is 10.4. The van der Waals surface area contributed by atoms with Crippen LogP contribution < -0.4 is 4.74 Å². The van der Waals surface area contributed by atoms with Crippen LogP contribution in [0.5, 0.6) is 5.75 Å². The summed E-state index contributed by atoms with van der Waals surface area (Å²) >= 11 is 5.79. The van der Waals surface area contributed by atoms with E-state index in [-0.39, 0.29) is 10.7 Å². The minimum atomic E-state index is -0.527. The second-order valence-corrected chi connectivity index (χ2v) is 4.29. The van der Waals surface area contributed by atoms with Gasteiger partial charge in [-0.25, -0.2) is 4.98 Å². The summed E-state index contributed by atoms with van der Waals surface area (Å²) in [6.07, 6.45) is 3.58. The minimum Gasteiger partial charge on any atom is -0.492 e. The number of hydrogen-bond acceptors (Lipinski definition) is 4. The Morgan fingerprint density at radius 3 is 2.89 bits per heavy atom. The monoisotopic (exact) mass is 281 g/mol. The maximum absolute atomic E-state index is 10.6. The van der Waals surface area contributed by atoms with Crippen molar-refractivity contribution < 1.29 is 9.66 Å². The number of imidazole rings is 1. The molecule has 2 aromatic rings. The fourth-order valence-corrected chi connectivity index (χ4v) is 1.87. The van der Waals surface area contributed by atoms with Crippen molar-refractivity contribution in [2.75, 3.05) is 6.61 Å². The van der Waals surface area contributed by atoms with Crippen LogP contribution in [-0.2, 0) is 6.54 Å². The molecule has 2 rings (SSSR count). The van der Waals surface area contributed by atoms with E-state index in [1.165, 1.54) is 18.2 Å². The Balaban J connectivity index is 1.95. The van der Waals surface area contributed by atoms with Crippen molar-refractivity contribution in [2.24, 2.45) is 0 Å². The molecule has 0 atom stereocenters. The van der Waals surface area contributed by atoms with E-state index < -0.39 is 4.92 Å². The molecule has 0 spiro atoms.